The number of nitrogens with one attached hydrogen (secondary N) is 2. The Hall–Kier alpha value is -3.16. The fraction of sp³-hybridized carbons (Fsp3) is 0.136. The lowest BCUT2D eigenvalue weighted by molar-refractivity contribution is 0.104. The normalized spacial score (nSPS) is 10.3. The van der Waals surface area contributed by atoms with Gasteiger partial charge in [-0.1, -0.05) is 23.8 Å². The van der Waals surface area contributed by atoms with Crippen LogP contribution in [0, 0.1) is 6.92 Å². The first-order chi connectivity index (χ1) is 13.9. The first-order valence-electron chi connectivity index (χ1n) is 9.08. The molecule has 0 atom stereocenters. The summed E-state index contributed by atoms with van der Waals surface area (Å²) in [7, 11) is 0. The quantitative estimate of drug-likeness (QED) is 0.276. The molecule has 0 radical (unpaired) electrons. The molecule has 2 aromatic carbocycles. The van der Waals surface area contributed by atoms with Gasteiger partial charge in [-0.2, -0.15) is 4.98 Å². The summed E-state index contributed by atoms with van der Waals surface area (Å²) in [5, 5.41) is 12.1. The molecule has 3 aromatic rings. The van der Waals surface area contributed by atoms with Crippen LogP contribution in [0.25, 0.3) is 0 Å². The Morgan fingerprint density at radius 2 is 1.79 bits per heavy atom. The molecule has 4 N–H and O–H groups in total. The van der Waals surface area contributed by atoms with E-state index in [4.69, 9.17) is 5.14 Å². The Kier molecular flexibility index (Phi) is 6.64. The van der Waals surface area contributed by atoms with Crippen LogP contribution in [-0.2, 0) is 0 Å². The van der Waals surface area contributed by atoms with Gasteiger partial charge in [-0.15, -0.1) is 0 Å². The number of allylic oxidation sites excluding steroid dienone is 2. The number of benzene rings is 2. The topological polar surface area (TPSA) is 92.9 Å². The monoisotopic (exact) mass is 405 g/mol. The standard InChI is InChI=1S/C22H23N5OS/c1-14(2)10-20(28)16-6-4-7-17(11-16)25-21-15(3)13-24-22(27-21)26-18-8-5-9-19(12-18)29-23/h4-13H,23H2,1-3H3,(H2,24,25,26,27). The largest absolute Gasteiger partial charge is 0.340 e. The molecule has 0 aliphatic carbocycles. The molecule has 148 valence electrons. The molecule has 3 rings (SSSR count). The van der Waals surface area contributed by atoms with Gasteiger partial charge in [-0.25, -0.2) is 4.98 Å². The molecule has 1 heterocycles. The number of hydrogen-bond donors (Lipinski definition) is 3. The molecule has 6 nitrogen and oxygen atoms in total. The zero-order valence-electron chi connectivity index (χ0n) is 16.6. The average Bonchev–Trinajstić information content (AvgIpc) is 2.70. The molecule has 0 aliphatic heterocycles. The van der Waals surface area contributed by atoms with Crippen molar-refractivity contribution in [3.8, 4) is 0 Å². The van der Waals surface area contributed by atoms with E-state index >= 15 is 0 Å². The van der Waals surface area contributed by atoms with Gasteiger partial charge in [0.25, 0.3) is 0 Å². The number of anilines is 4. The number of aromatic nitrogens is 2. The smallest absolute Gasteiger partial charge is 0.229 e. The highest BCUT2D eigenvalue weighted by Gasteiger charge is 2.08. The summed E-state index contributed by atoms with van der Waals surface area (Å²) in [6.45, 7) is 5.73. The van der Waals surface area contributed by atoms with E-state index in [1.165, 1.54) is 11.9 Å². The van der Waals surface area contributed by atoms with Gasteiger partial charge >= 0.3 is 0 Å². The maximum absolute atomic E-state index is 12.3. The minimum Gasteiger partial charge on any atom is -0.340 e. The van der Waals surface area contributed by atoms with E-state index in [0.29, 0.717) is 17.3 Å². The molecule has 0 fully saturated rings. The van der Waals surface area contributed by atoms with Crippen molar-refractivity contribution >= 4 is 40.9 Å². The van der Waals surface area contributed by atoms with Crippen LogP contribution in [0.4, 0.5) is 23.1 Å². The summed E-state index contributed by atoms with van der Waals surface area (Å²) in [4.78, 5) is 22.1. The number of nitrogens with zero attached hydrogens (tertiary/aromatic N) is 2. The summed E-state index contributed by atoms with van der Waals surface area (Å²) in [5.41, 5.74) is 4.12. The molecule has 0 spiro atoms. The lowest BCUT2D eigenvalue weighted by Crippen LogP contribution is -2.03. The Labute approximate surface area is 174 Å². The van der Waals surface area contributed by atoms with Crippen LogP contribution in [-0.4, -0.2) is 15.8 Å². The molecule has 0 saturated carbocycles. The minimum atomic E-state index is -0.0203. The van der Waals surface area contributed by atoms with Crippen LogP contribution in [0.2, 0.25) is 0 Å². The first kappa shape index (κ1) is 20.6. The zero-order valence-corrected chi connectivity index (χ0v) is 17.4. The van der Waals surface area contributed by atoms with Crippen molar-refractivity contribution in [1.82, 2.24) is 9.97 Å². The van der Waals surface area contributed by atoms with Crippen LogP contribution in [0.5, 0.6) is 0 Å². The summed E-state index contributed by atoms with van der Waals surface area (Å²) < 4.78 is 0. The average molecular weight is 406 g/mol. The lowest BCUT2D eigenvalue weighted by Gasteiger charge is -2.12. The van der Waals surface area contributed by atoms with Crippen molar-refractivity contribution in [3.05, 3.63) is 77.5 Å². The molecule has 29 heavy (non-hydrogen) atoms. The fourth-order valence-corrected chi connectivity index (χ4v) is 2.99. The highest BCUT2D eigenvalue weighted by Crippen LogP contribution is 2.23. The summed E-state index contributed by atoms with van der Waals surface area (Å²) in [6.07, 6.45) is 3.38. The van der Waals surface area contributed by atoms with Crippen LogP contribution in [0.15, 0.2) is 71.3 Å². The summed E-state index contributed by atoms with van der Waals surface area (Å²) in [5.74, 6) is 1.11. The molecule has 7 heteroatoms. The Balaban J connectivity index is 1.82. The van der Waals surface area contributed by atoms with Crippen LogP contribution >= 0.6 is 11.9 Å². The Morgan fingerprint density at radius 1 is 1.07 bits per heavy atom. The first-order valence-corrected chi connectivity index (χ1v) is 9.96. The minimum absolute atomic E-state index is 0.0203. The summed E-state index contributed by atoms with van der Waals surface area (Å²) in [6, 6.07) is 15.1. The van der Waals surface area contributed by atoms with Gasteiger partial charge in [-0.3, -0.25) is 9.93 Å². The Morgan fingerprint density at radius 3 is 2.52 bits per heavy atom. The molecular weight excluding hydrogens is 382 g/mol. The van der Waals surface area contributed by atoms with Crippen LogP contribution in [0.1, 0.15) is 29.8 Å². The van der Waals surface area contributed by atoms with E-state index in [1.807, 2.05) is 63.2 Å². The van der Waals surface area contributed by atoms with E-state index in [0.717, 1.165) is 27.4 Å². The number of aryl methyl sites for hydroxylation is 1. The van der Waals surface area contributed by atoms with E-state index in [1.54, 1.807) is 18.3 Å². The summed E-state index contributed by atoms with van der Waals surface area (Å²) >= 11 is 1.18. The van der Waals surface area contributed by atoms with Crippen LogP contribution in [0.3, 0.4) is 0 Å². The maximum atomic E-state index is 12.3. The molecule has 0 aliphatic rings. The predicted octanol–water partition coefficient (Wildman–Crippen LogP) is 5.39. The molecular formula is C22H23N5OS. The van der Waals surface area contributed by atoms with E-state index in [9.17, 15) is 4.79 Å². The van der Waals surface area contributed by atoms with E-state index < -0.39 is 0 Å². The number of hydrogen-bond acceptors (Lipinski definition) is 7. The van der Waals surface area contributed by atoms with Crippen molar-refractivity contribution < 1.29 is 4.79 Å². The van der Waals surface area contributed by atoms with E-state index in [-0.39, 0.29) is 5.78 Å². The highest BCUT2D eigenvalue weighted by molar-refractivity contribution is 7.97. The van der Waals surface area contributed by atoms with Gasteiger partial charge < -0.3 is 10.6 Å². The SMILES string of the molecule is CC(C)=CC(=O)c1cccc(Nc2nc(Nc3cccc(SN)c3)ncc2C)c1. The van der Waals surface area contributed by atoms with Crippen molar-refractivity contribution in [3.63, 3.8) is 0 Å². The highest BCUT2D eigenvalue weighted by atomic mass is 32.2. The third kappa shape index (κ3) is 5.66. The van der Waals surface area contributed by atoms with Gasteiger partial charge in [0.05, 0.1) is 0 Å². The van der Waals surface area contributed by atoms with Gasteiger partial charge in [0.1, 0.15) is 5.82 Å². The second-order valence-electron chi connectivity index (χ2n) is 6.79. The molecule has 1 aromatic heterocycles. The number of carbonyl (C=O) groups excluding carboxylic acids is 1. The molecule has 0 bridgehead atoms. The van der Waals surface area contributed by atoms with Gasteiger partial charge in [0.15, 0.2) is 5.78 Å². The fourth-order valence-electron chi connectivity index (χ4n) is 2.64. The maximum Gasteiger partial charge on any atom is 0.229 e. The zero-order chi connectivity index (χ0) is 20.8. The van der Waals surface area contributed by atoms with Crippen molar-refractivity contribution in [2.45, 2.75) is 25.7 Å². The predicted molar refractivity (Wildman–Crippen MR) is 120 cm³/mol. The van der Waals surface area contributed by atoms with Gasteiger partial charge in [0, 0.05) is 33.6 Å². The Bertz CT molecular complexity index is 1060. The number of nitrogens with two attached hydrogens (primary N) is 1. The second kappa shape index (κ2) is 9.36. The van der Waals surface area contributed by atoms with Gasteiger partial charge in [0.2, 0.25) is 5.95 Å². The van der Waals surface area contributed by atoms with E-state index in [2.05, 4.69) is 20.6 Å². The molecule has 0 unspecified atom stereocenters. The van der Waals surface area contributed by atoms with Crippen molar-refractivity contribution in [2.24, 2.45) is 5.14 Å². The molecule has 0 saturated heterocycles. The second-order valence-corrected chi connectivity index (χ2v) is 7.49. The number of rotatable bonds is 7. The number of ketones is 1. The number of carbonyl (C=O) groups is 1. The van der Waals surface area contributed by atoms with Crippen molar-refractivity contribution in [2.75, 3.05) is 10.6 Å². The molecule has 0 amide bonds. The van der Waals surface area contributed by atoms with Gasteiger partial charge in [-0.05, 0) is 69.1 Å². The van der Waals surface area contributed by atoms with Crippen molar-refractivity contribution in [1.29, 1.82) is 0 Å². The third-order valence-corrected chi connectivity index (χ3v) is 4.55. The van der Waals surface area contributed by atoms with Crippen LogP contribution < -0.4 is 15.8 Å². The lowest BCUT2D eigenvalue weighted by atomic mass is 10.1. The third-order valence-electron chi connectivity index (χ3n) is 4.03.